The number of aromatic nitrogens is 2. The molecule has 0 bridgehead atoms. The minimum atomic E-state index is -0.176. The first-order chi connectivity index (χ1) is 13.2. The fourth-order valence-corrected chi connectivity index (χ4v) is 5.19. The fraction of sp³-hybridized carbons (Fsp3) is 0.316. The minimum Gasteiger partial charge on any atom is -0.497 e. The van der Waals surface area contributed by atoms with E-state index in [1.165, 1.54) is 28.0 Å². The van der Waals surface area contributed by atoms with E-state index in [2.05, 4.69) is 33.0 Å². The number of thiophene rings is 1. The summed E-state index contributed by atoms with van der Waals surface area (Å²) in [4.78, 5) is 14.1. The van der Waals surface area contributed by atoms with Gasteiger partial charge in [0.05, 0.1) is 12.4 Å². The van der Waals surface area contributed by atoms with Crippen molar-refractivity contribution in [3.8, 4) is 5.75 Å². The van der Waals surface area contributed by atoms with Crippen LogP contribution in [0.1, 0.15) is 28.6 Å². The molecule has 0 aliphatic heterocycles. The molecular formula is C19H21N3O2S3. The molecule has 1 unspecified atom stereocenters. The van der Waals surface area contributed by atoms with E-state index in [0.29, 0.717) is 5.56 Å². The monoisotopic (exact) mass is 419 g/mol. The van der Waals surface area contributed by atoms with E-state index in [9.17, 15) is 4.79 Å². The molecule has 142 valence electrons. The highest BCUT2D eigenvalue weighted by Crippen LogP contribution is 2.32. The smallest absolute Gasteiger partial charge is 0.206 e. The van der Waals surface area contributed by atoms with Crippen LogP contribution in [0.5, 0.6) is 5.75 Å². The van der Waals surface area contributed by atoms with Gasteiger partial charge in [0, 0.05) is 17.0 Å². The van der Waals surface area contributed by atoms with Gasteiger partial charge in [0.1, 0.15) is 5.75 Å². The summed E-state index contributed by atoms with van der Waals surface area (Å²) in [6.45, 7) is 2.84. The van der Waals surface area contributed by atoms with E-state index < -0.39 is 0 Å². The van der Waals surface area contributed by atoms with E-state index in [0.717, 1.165) is 34.6 Å². The van der Waals surface area contributed by atoms with Crippen molar-refractivity contribution in [2.45, 2.75) is 29.4 Å². The number of nitrogens with one attached hydrogen (secondary N) is 1. The fourth-order valence-electron chi connectivity index (χ4n) is 2.46. The maximum absolute atomic E-state index is 12.8. The molecule has 0 fully saturated rings. The number of hydrogen-bond donors (Lipinski definition) is 1. The summed E-state index contributed by atoms with van der Waals surface area (Å²) in [5, 5.41) is 14.4. The van der Waals surface area contributed by atoms with Gasteiger partial charge in [-0.15, -0.1) is 21.5 Å². The predicted molar refractivity (Wildman–Crippen MR) is 114 cm³/mol. The van der Waals surface area contributed by atoms with E-state index in [1.807, 2.05) is 31.2 Å². The molecule has 5 nitrogen and oxygen atoms in total. The molecular weight excluding hydrogens is 398 g/mol. The van der Waals surface area contributed by atoms with Gasteiger partial charge >= 0.3 is 0 Å². The Labute approximate surface area is 171 Å². The average molecular weight is 420 g/mol. The van der Waals surface area contributed by atoms with E-state index >= 15 is 0 Å². The van der Waals surface area contributed by atoms with E-state index in [4.69, 9.17) is 4.74 Å². The topological polar surface area (TPSA) is 64.1 Å². The van der Waals surface area contributed by atoms with Gasteiger partial charge in [-0.25, -0.2) is 0 Å². The zero-order chi connectivity index (χ0) is 19.1. The van der Waals surface area contributed by atoms with Crippen molar-refractivity contribution in [3.05, 3.63) is 52.2 Å². The molecule has 2 aromatic heterocycles. The number of thioether (sulfide) groups is 1. The zero-order valence-electron chi connectivity index (χ0n) is 15.2. The molecule has 0 aliphatic carbocycles. The number of hydrogen-bond acceptors (Lipinski definition) is 8. The molecule has 8 heteroatoms. The Morgan fingerprint density at radius 3 is 2.74 bits per heavy atom. The van der Waals surface area contributed by atoms with Crippen LogP contribution >= 0.6 is 34.4 Å². The van der Waals surface area contributed by atoms with Crippen molar-refractivity contribution in [2.75, 3.05) is 19.0 Å². The Morgan fingerprint density at radius 2 is 2.07 bits per heavy atom. The molecule has 0 spiro atoms. The summed E-state index contributed by atoms with van der Waals surface area (Å²) in [6, 6.07) is 11.4. The van der Waals surface area contributed by atoms with Gasteiger partial charge in [0.15, 0.2) is 10.1 Å². The van der Waals surface area contributed by atoms with Crippen LogP contribution in [0.15, 0.2) is 46.1 Å². The van der Waals surface area contributed by atoms with Gasteiger partial charge in [0.2, 0.25) is 5.13 Å². The minimum absolute atomic E-state index is 0.104. The molecule has 0 amide bonds. The normalized spacial score (nSPS) is 11.9. The summed E-state index contributed by atoms with van der Waals surface area (Å²) in [5.74, 6) is 0.849. The maximum Gasteiger partial charge on any atom is 0.206 e. The van der Waals surface area contributed by atoms with Crippen molar-refractivity contribution < 1.29 is 9.53 Å². The molecule has 0 aliphatic rings. The zero-order valence-corrected chi connectivity index (χ0v) is 17.6. The predicted octanol–water partition coefficient (Wildman–Crippen LogP) is 5.02. The second kappa shape index (κ2) is 9.87. The standard InChI is InChI=1S/C19H21N3O2S3/c1-3-16(17(23)13-6-8-14(24-2)9-7-13)26-19-22-21-18(27-19)20-11-10-15-5-4-12-25-15/h4-9,12,16H,3,10-11H2,1-2H3,(H,20,21). The van der Waals surface area contributed by atoms with Crippen LogP contribution in [0.2, 0.25) is 0 Å². The second-order valence-electron chi connectivity index (χ2n) is 5.74. The van der Waals surface area contributed by atoms with Crippen LogP contribution in [0.4, 0.5) is 5.13 Å². The van der Waals surface area contributed by atoms with Crippen LogP contribution in [0.25, 0.3) is 0 Å². The van der Waals surface area contributed by atoms with Crippen molar-refractivity contribution in [1.82, 2.24) is 10.2 Å². The van der Waals surface area contributed by atoms with Crippen molar-refractivity contribution in [2.24, 2.45) is 0 Å². The molecule has 0 radical (unpaired) electrons. The number of carbonyl (C=O) groups is 1. The van der Waals surface area contributed by atoms with Crippen molar-refractivity contribution in [3.63, 3.8) is 0 Å². The number of anilines is 1. The average Bonchev–Trinajstić information content (AvgIpc) is 3.38. The van der Waals surface area contributed by atoms with Gasteiger partial charge in [-0.3, -0.25) is 4.79 Å². The Kier molecular flexibility index (Phi) is 7.25. The van der Waals surface area contributed by atoms with Gasteiger partial charge < -0.3 is 10.1 Å². The largest absolute Gasteiger partial charge is 0.497 e. The number of ether oxygens (including phenoxy) is 1. The Balaban J connectivity index is 1.55. The second-order valence-corrected chi connectivity index (χ2v) is 9.20. The first-order valence-electron chi connectivity index (χ1n) is 8.64. The summed E-state index contributed by atoms with van der Waals surface area (Å²) in [7, 11) is 1.61. The molecule has 3 rings (SSSR count). The van der Waals surface area contributed by atoms with Crippen LogP contribution in [0.3, 0.4) is 0 Å². The Bertz CT molecular complexity index is 847. The Morgan fingerprint density at radius 1 is 1.26 bits per heavy atom. The van der Waals surface area contributed by atoms with Crippen LogP contribution in [-0.4, -0.2) is 34.9 Å². The SMILES string of the molecule is CCC(Sc1nnc(NCCc2cccs2)s1)C(=O)c1ccc(OC)cc1. The van der Waals surface area contributed by atoms with Gasteiger partial charge in [-0.05, 0) is 48.6 Å². The summed E-state index contributed by atoms with van der Waals surface area (Å²) in [6.07, 6.45) is 1.70. The van der Waals surface area contributed by atoms with E-state index in [-0.39, 0.29) is 11.0 Å². The highest BCUT2D eigenvalue weighted by atomic mass is 32.2. The lowest BCUT2D eigenvalue weighted by molar-refractivity contribution is 0.0988. The number of benzene rings is 1. The van der Waals surface area contributed by atoms with Crippen molar-refractivity contribution in [1.29, 1.82) is 0 Å². The molecule has 1 aromatic carbocycles. The lowest BCUT2D eigenvalue weighted by Crippen LogP contribution is -2.16. The highest BCUT2D eigenvalue weighted by Gasteiger charge is 2.21. The van der Waals surface area contributed by atoms with Crippen LogP contribution in [0, 0.1) is 0 Å². The lowest BCUT2D eigenvalue weighted by atomic mass is 10.1. The highest BCUT2D eigenvalue weighted by molar-refractivity contribution is 8.02. The number of carbonyl (C=O) groups excluding carboxylic acids is 1. The molecule has 2 heterocycles. The molecule has 1 atom stereocenters. The maximum atomic E-state index is 12.8. The molecule has 0 saturated carbocycles. The molecule has 1 N–H and O–H groups in total. The summed E-state index contributed by atoms with van der Waals surface area (Å²) in [5.41, 5.74) is 0.689. The Hall–Kier alpha value is -1.90. The quantitative estimate of drug-likeness (QED) is 0.368. The van der Waals surface area contributed by atoms with Crippen molar-refractivity contribution >= 4 is 45.4 Å². The van der Waals surface area contributed by atoms with E-state index in [1.54, 1.807) is 18.4 Å². The number of Topliss-reactive ketones (excluding diaryl/α,β-unsaturated/α-hetero) is 1. The van der Waals surface area contributed by atoms with Crippen LogP contribution < -0.4 is 10.1 Å². The van der Waals surface area contributed by atoms with Gasteiger partial charge in [-0.2, -0.15) is 0 Å². The lowest BCUT2D eigenvalue weighted by Gasteiger charge is -2.11. The third kappa shape index (κ3) is 5.54. The molecule has 27 heavy (non-hydrogen) atoms. The number of methoxy groups -OCH3 is 1. The first kappa shape index (κ1) is 19.9. The molecule has 3 aromatic rings. The third-order valence-corrected chi connectivity index (χ3v) is 7.18. The number of nitrogens with zero attached hydrogens (tertiary/aromatic N) is 2. The summed E-state index contributed by atoms with van der Waals surface area (Å²) >= 11 is 4.73. The van der Waals surface area contributed by atoms with Crippen LogP contribution in [-0.2, 0) is 6.42 Å². The number of rotatable bonds is 10. The summed E-state index contributed by atoms with van der Waals surface area (Å²) < 4.78 is 5.96. The third-order valence-electron chi connectivity index (χ3n) is 3.92. The molecule has 0 saturated heterocycles. The van der Waals surface area contributed by atoms with Gasteiger partial charge in [-0.1, -0.05) is 36.1 Å². The number of ketones is 1. The first-order valence-corrected chi connectivity index (χ1v) is 11.2. The van der Waals surface area contributed by atoms with Gasteiger partial charge in [0.25, 0.3) is 0 Å².